The van der Waals surface area contributed by atoms with Crippen LogP contribution in [0.5, 0.6) is 11.5 Å². The Bertz CT molecular complexity index is 839. The van der Waals surface area contributed by atoms with E-state index in [2.05, 4.69) is 12.8 Å². The molecule has 24 heavy (non-hydrogen) atoms. The number of carbonyl (C=O) groups is 1. The molecule has 2 N–H and O–H groups in total. The highest BCUT2D eigenvalue weighted by molar-refractivity contribution is 7.89. The molecule has 7 nitrogen and oxygen atoms in total. The number of hydrogen-bond donors (Lipinski definition) is 2. The number of thiol groups is 1. The van der Waals surface area contributed by atoms with Gasteiger partial charge in [-0.15, -0.1) is 0 Å². The van der Waals surface area contributed by atoms with Gasteiger partial charge in [0.1, 0.15) is 11.4 Å². The van der Waals surface area contributed by atoms with Crippen molar-refractivity contribution in [3.63, 3.8) is 0 Å². The molecule has 9 heteroatoms. The van der Waals surface area contributed by atoms with Crippen LogP contribution in [0.4, 0.5) is 10.5 Å². The quantitative estimate of drug-likeness (QED) is 0.794. The highest BCUT2D eigenvalue weighted by Crippen LogP contribution is 2.35. The van der Waals surface area contributed by atoms with E-state index >= 15 is 0 Å². The molecule has 0 unspecified atom stereocenters. The molecule has 0 aliphatic heterocycles. The van der Waals surface area contributed by atoms with Crippen LogP contribution in [0.2, 0.25) is 0 Å². The number of hydrogen-bond acceptors (Lipinski definition) is 5. The van der Waals surface area contributed by atoms with Crippen molar-refractivity contribution in [3.05, 3.63) is 48.5 Å². The first kappa shape index (κ1) is 18.1. The van der Waals surface area contributed by atoms with Crippen molar-refractivity contribution in [2.45, 2.75) is 4.90 Å². The summed E-state index contributed by atoms with van der Waals surface area (Å²) in [6.45, 7) is 0. The van der Waals surface area contributed by atoms with E-state index in [4.69, 9.17) is 10.5 Å². The molecule has 2 aromatic rings. The van der Waals surface area contributed by atoms with E-state index in [1.54, 1.807) is 24.3 Å². The molecular weight excluding hydrogens is 350 g/mol. The summed E-state index contributed by atoms with van der Waals surface area (Å²) in [5, 5.41) is 0. The zero-order chi connectivity index (χ0) is 17.9. The first-order valence-electron chi connectivity index (χ1n) is 6.81. The van der Waals surface area contributed by atoms with Gasteiger partial charge in [-0.1, -0.05) is 31.0 Å². The van der Waals surface area contributed by atoms with Crippen molar-refractivity contribution in [2.24, 2.45) is 5.73 Å². The summed E-state index contributed by atoms with van der Waals surface area (Å²) in [5.74, 6) is 0.765. The van der Waals surface area contributed by atoms with E-state index in [1.165, 1.54) is 32.3 Å². The molecule has 0 aliphatic carbocycles. The summed E-state index contributed by atoms with van der Waals surface area (Å²) in [6.07, 6.45) is 0. The minimum absolute atomic E-state index is 0.0109. The Labute approximate surface area is 146 Å². The third kappa shape index (κ3) is 3.81. The number of carbonyl (C=O) groups excluding carboxylic acids is 1. The van der Waals surface area contributed by atoms with Crippen LogP contribution in [-0.4, -0.2) is 32.8 Å². The van der Waals surface area contributed by atoms with Gasteiger partial charge in [0.25, 0.3) is 0 Å². The van der Waals surface area contributed by atoms with Crippen molar-refractivity contribution >= 4 is 34.6 Å². The lowest BCUT2D eigenvalue weighted by atomic mass is 10.3. The van der Waals surface area contributed by atoms with Crippen molar-refractivity contribution in [2.75, 3.05) is 18.4 Å². The Morgan fingerprint density at radius 1 is 1.12 bits per heavy atom. The number of anilines is 1. The molecule has 2 rings (SSSR count). The predicted octanol–water partition coefficient (Wildman–Crippen LogP) is 2.46. The van der Waals surface area contributed by atoms with E-state index in [9.17, 15) is 13.2 Å². The lowest BCUT2D eigenvalue weighted by Gasteiger charge is -2.19. The van der Waals surface area contributed by atoms with Gasteiger partial charge in [-0.3, -0.25) is 0 Å². The van der Waals surface area contributed by atoms with Crippen molar-refractivity contribution in [1.29, 1.82) is 0 Å². The van der Waals surface area contributed by atoms with E-state index in [0.717, 1.165) is 8.61 Å². The number of nitrogens with zero attached hydrogens (tertiary/aromatic N) is 2. The molecule has 0 radical (unpaired) electrons. The number of benzene rings is 2. The second kappa shape index (κ2) is 7.12. The van der Waals surface area contributed by atoms with Gasteiger partial charge in [0.05, 0.1) is 4.90 Å². The second-order valence-corrected chi connectivity index (χ2v) is 7.53. The van der Waals surface area contributed by atoms with E-state index in [1.807, 2.05) is 6.07 Å². The Morgan fingerprint density at radius 2 is 1.75 bits per heavy atom. The third-order valence-corrected chi connectivity index (χ3v) is 5.34. The Balaban J connectivity index is 2.53. The van der Waals surface area contributed by atoms with Crippen molar-refractivity contribution in [1.82, 2.24) is 4.31 Å². The number of ether oxygens (including phenoxy) is 1. The van der Waals surface area contributed by atoms with Crippen LogP contribution in [0.15, 0.2) is 53.4 Å². The smallest absolute Gasteiger partial charge is 0.329 e. The molecule has 2 amide bonds. The van der Waals surface area contributed by atoms with Crippen LogP contribution in [0.3, 0.4) is 0 Å². The molecule has 0 heterocycles. The van der Waals surface area contributed by atoms with Crippen LogP contribution in [0.25, 0.3) is 0 Å². The molecule has 2 aromatic carbocycles. The number of rotatable bonds is 5. The molecule has 128 valence electrons. The SMILES string of the molecule is CN(C)S(=O)(=O)c1ccc(Oc2ccccc2)c(N(S)C(N)=O)c1. The number of nitrogens with two attached hydrogens (primary N) is 1. The van der Waals surface area contributed by atoms with Gasteiger partial charge in [0.15, 0.2) is 5.75 Å². The zero-order valence-corrected chi connectivity index (χ0v) is 14.8. The van der Waals surface area contributed by atoms with Gasteiger partial charge < -0.3 is 10.5 Å². The van der Waals surface area contributed by atoms with Crippen LogP contribution in [0.1, 0.15) is 0 Å². The molecule has 0 fully saturated rings. The standard InChI is InChI=1S/C15H17N3O4S2/c1-17(2)24(20,21)12-8-9-14(13(10-12)18(23)15(16)19)22-11-6-4-3-5-7-11/h3-10,23H,1-2H3,(H2,16,19). The topological polar surface area (TPSA) is 92.9 Å². The molecular formula is C15H17N3O4S2. The van der Waals surface area contributed by atoms with E-state index < -0.39 is 16.1 Å². The monoisotopic (exact) mass is 367 g/mol. The average molecular weight is 367 g/mol. The summed E-state index contributed by atoms with van der Waals surface area (Å²) in [4.78, 5) is 11.4. The van der Waals surface area contributed by atoms with Gasteiger partial charge in [0.2, 0.25) is 10.0 Å². The van der Waals surface area contributed by atoms with Gasteiger partial charge in [0, 0.05) is 14.1 Å². The normalized spacial score (nSPS) is 11.3. The first-order valence-corrected chi connectivity index (χ1v) is 8.65. The number of amides is 2. The fourth-order valence-corrected chi connectivity index (χ4v) is 2.93. The number of primary amides is 1. The maximum Gasteiger partial charge on any atom is 0.329 e. The lowest BCUT2D eigenvalue weighted by Crippen LogP contribution is -2.28. The summed E-state index contributed by atoms with van der Waals surface area (Å²) >= 11 is 4.02. The molecule has 0 atom stereocenters. The highest BCUT2D eigenvalue weighted by Gasteiger charge is 2.22. The molecule has 0 saturated heterocycles. The molecule has 0 saturated carbocycles. The molecule has 0 aliphatic rings. The maximum atomic E-state index is 12.3. The van der Waals surface area contributed by atoms with Crippen LogP contribution in [0, 0.1) is 0 Å². The van der Waals surface area contributed by atoms with Crippen LogP contribution >= 0.6 is 12.8 Å². The number of para-hydroxylation sites is 1. The maximum absolute atomic E-state index is 12.3. The van der Waals surface area contributed by atoms with E-state index in [0.29, 0.717) is 5.75 Å². The molecule has 0 bridgehead atoms. The molecule has 0 spiro atoms. The Kier molecular flexibility index (Phi) is 5.37. The van der Waals surface area contributed by atoms with Crippen molar-refractivity contribution in [3.8, 4) is 11.5 Å². The number of sulfonamides is 1. The van der Waals surface area contributed by atoms with Gasteiger partial charge in [-0.05, 0) is 30.3 Å². The number of urea groups is 1. The Morgan fingerprint density at radius 3 is 2.29 bits per heavy atom. The van der Waals surface area contributed by atoms with Crippen molar-refractivity contribution < 1.29 is 17.9 Å². The fourth-order valence-electron chi connectivity index (χ4n) is 1.85. The average Bonchev–Trinajstić information content (AvgIpc) is 2.55. The largest absolute Gasteiger partial charge is 0.455 e. The zero-order valence-electron chi connectivity index (χ0n) is 13.1. The predicted molar refractivity (Wildman–Crippen MR) is 94.9 cm³/mol. The second-order valence-electron chi connectivity index (χ2n) is 4.98. The minimum atomic E-state index is -3.68. The lowest BCUT2D eigenvalue weighted by molar-refractivity contribution is 0.257. The summed E-state index contributed by atoms with van der Waals surface area (Å²) in [7, 11) is -0.858. The van der Waals surface area contributed by atoms with Gasteiger partial charge in [-0.25, -0.2) is 21.8 Å². The summed E-state index contributed by atoms with van der Waals surface area (Å²) < 4.78 is 32.1. The summed E-state index contributed by atoms with van der Waals surface area (Å²) in [6, 6.07) is 12.1. The van der Waals surface area contributed by atoms with Crippen LogP contribution < -0.4 is 14.8 Å². The van der Waals surface area contributed by atoms with Gasteiger partial charge >= 0.3 is 6.03 Å². The first-order chi connectivity index (χ1) is 11.2. The highest BCUT2D eigenvalue weighted by atomic mass is 32.2. The van der Waals surface area contributed by atoms with Crippen LogP contribution in [-0.2, 0) is 10.0 Å². The van der Waals surface area contributed by atoms with E-state index in [-0.39, 0.29) is 16.3 Å². The third-order valence-electron chi connectivity index (χ3n) is 3.12. The summed E-state index contributed by atoms with van der Waals surface area (Å²) in [5.41, 5.74) is 5.37. The fraction of sp³-hybridized carbons (Fsp3) is 0.133. The Hall–Kier alpha value is -2.23. The van der Waals surface area contributed by atoms with Gasteiger partial charge in [-0.2, -0.15) is 0 Å². The minimum Gasteiger partial charge on any atom is -0.455 e. The molecule has 0 aromatic heterocycles.